The topological polar surface area (TPSA) is 294 Å². The fraction of sp³-hybridized carbons (Fsp3) is 0.398. The minimum Gasteiger partial charge on any atom is -0.381 e. The molecule has 15 aromatic rings. The van der Waals surface area contributed by atoms with Crippen molar-refractivity contribution >= 4 is 40.5 Å². The molecule has 0 atom stereocenters. The zero-order valence-corrected chi connectivity index (χ0v) is 81.9. The van der Waals surface area contributed by atoms with E-state index in [4.69, 9.17) is 44.3 Å². The minimum atomic E-state index is -0.00666. The van der Waals surface area contributed by atoms with Crippen LogP contribution >= 0.6 is 34.8 Å². The minimum absolute atomic E-state index is 0.000239. The molecule has 1 N–H and O–H groups in total. The van der Waals surface area contributed by atoms with Crippen molar-refractivity contribution < 1.29 is 9.47 Å². The Kier molecular flexibility index (Phi) is 33.2. The molecule has 722 valence electrons. The summed E-state index contributed by atoms with van der Waals surface area (Å²) in [5.74, 6) is 3.59. The average Bonchev–Trinajstić information content (AvgIpc) is 1.69. The molecule has 0 bridgehead atoms. The van der Waals surface area contributed by atoms with E-state index in [9.17, 15) is 24.0 Å². The van der Waals surface area contributed by atoms with Crippen LogP contribution in [0.5, 0.6) is 0 Å². The fourth-order valence-corrected chi connectivity index (χ4v) is 19.2. The second kappa shape index (κ2) is 47.2. The van der Waals surface area contributed by atoms with Crippen molar-refractivity contribution in [1.82, 2.24) is 96.7 Å². The molecule has 4 aliphatic carbocycles. The van der Waals surface area contributed by atoms with Gasteiger partial charge in [0, 0.05) is 210 Å². The lowest BCUT2D eigenvalue weighted by molar-refractivity contribution is 0.0664. The molecular formula is C108H122Cl3N21O7. The summed E-state index contributed by atoms with van der Waals surface area (Å²) in [6.45, 7) is 15.2. The summed E-state index contributed by atoms with van der Waals surface area (Å²) < 4.78 is 28.4. The zero-order chi connectivity index (χ0) is 96.1. The molecule has 4 saturated carbocycles. The number of pyridine rings is 10. The average molecular weight is 1930 g/mol. The second-order valence-corrected chi connectivity index (χ2v) is 38.7. The Morgan fingerprint density at radius 2 is 0.612 bits per heavy atom. The van der Waals surface area contributed by atoms with Crippen LogP contribution in [0.3, 0.4) is 0 Å². The number of aromatic nitrogens is 20. The van der Waals surface area contributed by atoms with E-state index in [-0.39, 0.29) is 27.8 Å². The van der Waals surface area contributed by atoms with Crippen LogP contribution in [0.15, 0.2) is 251 Å². The number of hydrogen-bond acceptors (Lipinski definition) is 18. The van der Waals surface area contributed by atoms with Gasteiger partial charge in [0.25, 0.3) is 27.8 Å². The number of halogens is 3. The van der Waals surface area contributed by atoms with Gasteiger partial charge in [-0.05, 0) is 222 Å². The van der Waals surface area contributed by atoms with Gasteiger partial charge in [0.2, 0.25) is 0 Å². The zero-order valence-electron chi connectivity index (χ0n) is 79.6. The predicted octanol–water partition coefficient (Wildman–Crippen LogP) is 20.5. The first-order chi connectivity index (χ1) is 67.9. The van der Waals surface area contributed by atoms with Crippen molar-refractivity contribution in [3.8, 4) is 84.7 Å². The van der Waals surface area contributed by atoms with Crippen molar-refractivity contribution in [1.29, 1.82) is 0 Å². The van der Waals surface area contributed by atoms with Gasteiger partial charge < -0.3 is 37.6 Å². The van der Waals surface area contributed by atoms with Crippen LogP contribution in [0, 0.1) is 29.6 Å². The van der Waals surface area contributed by atoms with Crippen molar-refractivity contribution in [2.24, 2.45) is 29.6 Å². The smallest absolute Gasteiger partial charge is 0.250 e. The second-order valence-electron chi connectivity index (χ2n) is 37.5. The van der Waals surface area contributed by atoms with Gasteiger partial charge in [-0.3, -0.25) is 48.9 Å². The standard InChI is InChI=1S/C22H25ClN4O2.C22H26N4O2.C22H26N4O.C21H22ClN5O.C21H23ClN4O/c1-2-7-26-15-19(3-4-21(26)28)27-14-18(13-25-27)22-20(23)11-17(12-24-22)10-16-5-8-29-9-6-16;1-2-9-25-16-20(4-6-22(25)27)26-15-19(14-24-26)21-5-3-18(13-23-21)12-17-7-10-28-11-8-17;1-2-11-25-16-20(8-10-22(25)27)26-15-19(14-24-26)21-9-7-18(13-23-21)12-17-5-3-4-6-17;22-19-8-17(25-16-2-1-3-16)10-23-21(19)15-9-24-27(12-15)18-6-7-20(28)26(13-18)11-14-4-5-14;1-2-8-25-14-18(6-7-20(25)27)26-13-17(12-24-26)21-19(22)10-16(11-23-21)9-15-4-3-5-15/h3-4,11-16H,2,5-10H2,1H3;3-6,13-17H,2,7-12H2,1H3;7-10,13-17H,2-6,11-12H2,1H3;6-10,12-14,16,25H,1-5,11H2;6-7,10-15H,2-5,8-9H2,1H3. The molecule has 17 heterocycles. The largest absolute Gasteiger partial charge is 0.381 e. The summed E-state index contributed by atoms with van der Waals surface area (Å²) in [5, 5.41) is 27.6. The van der Waals surface area contributed by atoms with E-state index in [0.29, 0.717) is 70.7 Å². The van der Waals surface area contributed by atoms with E-state index in [0.717, 1.165) is 212 Å². The van der Waals surface area contributed by atoms with E-state index in [1.165, 1.54) is 93.7 Å². The lowest BCUT2D eigenvalue weighted by Crippen LogP contribution is -2.26. The molecule has 0 unspecified atom stereocenters. The van der Waals surface area contributed by atoms with Crippen molar-refractivity contribution in [2.45, 2.75) is 221 Å². The molecule has 139 heavy (non-hydrogen) atoms. The van der Waals surface area contributed by atoms with E-state index in [1.807, 2.05) is 143 Å². The Balaban J connectivity index is 0.000000120. The number of nitrogens with zero attached hydrogens (tertiary/aromatic N) is 20. The van der Waals surface area contributed by atoms with Crippen LogP contribution < -0.4 is 33.1 Å². The Labute approximate surface area is 824 Å². The van der Waals surface area contributed by atoms with Crippen molar-refractivity contribution in [3.63, 3.8) is 0 Å². The summed E-state index contributed by atoms with van der Waals surface area (Å²) in [6, 6.07) is 31.9. The molecule has 2 saturated heterocycles. The molecule has 0 amide bonds. The summed E-state index contributed by atoms with van der Waals surface area (Å²) in [5.41, 5.74) is 18.7. The molecule has 31 heteroatoms. The van der Waals surface area contributed by atoms with Crippen molar-refractivity contribution in [3.05, 3.63) is 316 Å². The summed E-state index contributed by atoms with van der Waals surface area (Å²) >= 11 is 19.5. The molecule has 0 spiro atoms. The fourth-order valence-electron chi connectivity index (χ4n) is 18.3. The van der Waals surface area contributed by atoms with Gasteiger partial charge in [-0.2, -0.15) is 25.5 Å². The van der Waals surface area contributed by atoms with Gasteiger partial charge in [0.05, 0.1) is 115 Å². The molecule has 2 aliphatic heterocycles. The van der Waals surface area contributed by atoms with Crippen molar-refractivity contribution in [2.75, 3.05) is 31.7 Å². The normalized spacial score (nSPS) is 15.2. The summed E-state index contributed by atoms with van der Waals surface area (Å²) in [6.07, 6.45) is 65.3. The van der Waals surface area contributed by atoms with E-state index >= 15 is 0 Å². The Morgan fingerprint density at radius 3 is 0.928 bits per heavy atom. The Bertz CT molecular complexity index is 6930. The van der Waals surface area contributed by atoms with Crippen LogP contribution in [-0.4, -0.2) is 129 Å². The molecule has 21 rings (SSSR count). The number of rotatable bonds is 30. The highest BCUT2D eigenvalue weighted by atomic mass is 35.5. The summed E-state index contributed by atoms with van der Waals surface area (Å²) in [4.78, 5) is 82.8. The van der Waals surface area contributed by atoms with Gasteiger partial charge >= 0.3 is 0 Å². The highest BCUT2D eigenvalue weighted by molar-refractivity contribution is 6.34. The molecule has 0 aromatic carbocycles. The molecule has 15 aromatic heterocycles. The predicted molar refractivity (Wildman–Crippen MR) is 547 cm³/mol. The molecule has 6 fully saturated rings. The van der Waals surface area contributed by atoms with Crippen LogP contribution in [0.4, 0.5) is 5.69 Å². The van der Waals surface area contributed by atoms with Gasteiger partial charge in [-0.15, -0.1) is 0 Å². The third-order valence-electron chi connectivity index (χ3n) is 26.7. The molecule has 28 nitrogen and oxygen atoms in total. The Hall–Kier alpha value is -12.9. The quantitative estimate of drug-likeness (QED) is 0.0437. The monoisotopic (exact) mass is 1930 g/mol. The van der Waals surface area contributed by atoms with Crippen LogP contribution in [-0.2, 0) is 67.9 Å². The lowest BCUT2D eigenvalue weighted by atomic mass is 9.81. The van der Waals surface area contributed by atoms with E-state index in [2.05, 4.69) is 93.8 Å². The number of nitrogens with one attached hydrogen (secondary N) is 1. The molecular weight excluding hydrogens is 1810 g/mol. The number of ether oxygens (including phenoxy) is 2. The highest BCUT2D eigenvalue weighted by Gasteiger charge is 2.26. The first kappa shape index (κ1) is 97.8. The maximum Gasteiger partial charge on any atom is 0.250 e. The van der Waals surface area contributed by atoms with Crippen LogP contribution in [0.25, 0.3) is 84.7 Å². The van der Waals surface area contributed by atoms with Gasteiger partial charge in [0.1, 0.15) is 0 Å². The number of anilines is 1. The van der Waals surface area contributed by atoms with E-state index < -0.39 is 0 Å². The number of aryl methyl sites for hydroxylation is 4. The maximum atomic E-state index is 12.1. The van der Waals surface area contributed by atoms with Gasteiger partial charge in [-0.25, -0.2) is 23.4 Å². The van der Waals surface area contributed by atoms with Crippen LogP contribution in [0.2, 0.25) is 15.1 Å². The Morgan fingerprint density at radius 1 is 0.302 bits per heavy atom. The highest BCUT2D eigenvalue weighted by Crippen LogP contribution is 2.37. The SMILES string of the molecule is CCCn1cc(-n2cc(-c3ccc(CC4CCCC4)cn3)cn2)ccc1=O.CCCn1cc(-n2cc(-c3ccc(CC4CCOCC4)cn3)cn2)ccc1=O.CCCn1cc(-n2cc(-c3ncc(CC4CCC4)cc3Cl)cn2)ccc1=O.CCCn1cc(-n2cc(-c3ncc(CC4CCOCC4)cc3Cl)cn2)ccc1=O.O=c1ccc(-n2cc(-c3ncc(NC4CCC4)cc3Cl)cn2)cn1CC1CC1. The number of hydrogen-bond donors (Lipinski definition) is 1. The first-order valence-corrected chi connectivity index (χ1v) is 50.6. The maximum absolute atomic E-state index is 12.1. The summed E-state index contributed by atoms with van der Waals surface area (Å²) in [7, 11) is 0. The van der Waals surface area contributed by atoms with Gasteiger partial charge in [0.15, 0.2) is 0 Å². The van der Waals surface area contributed by atoms with E-state index in [1.54, 1.807) is 119 Å². The first-order valence-electron chi connectivity index (χ1n) is 49.4. The van der Waals surface area contributed by atoms with Gasteiger partial charge in [-0.1, -0.05) is 120 Å². The van der Waals surface area contributed by atoms with Crippen LogP contribution in [0.1, 0.15) is 178 Å². The lowest BCUT2D eigenvalue weighted by Gasteiger charge is -2.27. The third kappa shape index (κ3) is 26.0. The third-order valence-corrected chi connectivity index (χ3v) is 27.6. The molecule has 0 radical (unpaired) electrons. The molecule has 6 aliphatic rings.